The van der Waals surface area contributed by atoms with Crippen LogP contribution in [0, 0.1) is 41.3 Å². The average Bonchev–Trinajstić information content (AvgIpc) is 1.53. The van der Waals surface area contributed by atoms with Crippen LogP contribution in [0.4, 0.5) is 0 Å². The Morgan fingerprint density at radius 2 is 0.493 bits per heavy atom. The Kier molecular flexibility index (Phi) is 28.7. The molecule has 0 spiro atoms. The van der Waals surface area contributed by atoms with Gasteiger partial charge in [-0.2, -0.15) is 0 Å². The molecule has 150 heavy (non-hydrogen) atoms. The third kappa shape index (κ3) is 33.3. The molecule has 0 fully saturated rings. The maximum Gasteiger partial charge on any atom is 0.197 e. The van der Waals surface area contributed by atoms with Crippen molar-refractivity contribution in [3.63, 3.8) is 0 Å². The molecule has 792 valence electrons. The summed E-state index contributed by atoms with van der Waals surface area (Å²) in [5, 5.41) is -0.843. The van der Waals surface area contributed by atoms with Gasteiger partial charge in [-0.25, -0.2) is 29.9 Å². The van der Waals surface area contributed by atoms with Crippen LogP contribution >= 0.6 is 0 Å². The summed E-state index contributed by atoms with van der Waals surface area (Å²) in [7, 11) is -3.57. The number of fused-ring (bicyclic) bond motifs is 6. The molecule has 18 rings (SSSR count). The summed E-state index contributed by atoms with van der Waals surface area (Å²) in [5.74, 6) is -0.177. The quantitative estimate of drug-likeness (QED) is 0.0193. The number of nitrogens with one attached hydrogen (secondary N) is 6. The average molecular weight is 2190 g/mol. The number of aromatic amines is 6. The van der Waals surface area contributed by atoms with E-state index in [0.717, 1.165) is 11.7 Å². The van der Waals surface area contributed by atoms with Crippen LogP contribution in [0.5, 0.6) is 34.5 Å². The molecule has 6 unspecified atom stereocenters. The SMILES string of the molecule is [2H]C([2H])([2H])c1c(OCCCOC)ccnc1C([2H])([2H])S(=O)c1nc2ccccc2[nH]1.[2H]C([2H])([2H])c1c(OCCCOC)ccnc1CS(=O)c1nc2ccccc2[nH]1.[2H]c1c([2H])c([2H])c2[nH]c(S(=O)C([2H])([2H])c3nccc(OCCCOC)c3C([2H])([2H])[2H])nc2c1[2H].[2H]c1c([2H])c([2H])c2[nH]c(S(=O)Cc3nccc(OCCCOC)c3C([2H])([2H])[2H])nc2c1[2H].[2H]c1nc(C([2H])([2H])S(=O)c2nc3c([2H])c([2H])c([2H])c([2H])c3[nH]2)c(C)c(OCCCOC)c1[2H].[2H]c1nc(CS(=O)c2nc3c([2H])c([2H])c([2H])c([2H])c3[nH]2)c(C)c(OCCCOC)c1[2H]. The molecule has 6 atom stereocenters. The van der Waals surface area contributed by atoms with Crippen molar-refractivity contribution in [1.29, 1.82) is 0 Å². The van der Waals surface area contributed by atoms with Gasteiger partial charge in [0.2, 0.25) is 0 Å². The van der Waals surface area contributed by atoms with Crippen LogP contribution in [0.15, 0.2) is 250 Å². The van der Waals surface area contributed by atoms with Gasteiger partial charge in [0.05, 0.1) is 267 Å². The number of para-hydroxylation sites is 12. The number of ether oxygens (including phenoxy) is 12. The summed E-state index contributed by atoms with van der Waals surface area (Å²) in [6, 6.07) is 12.5. The number of hydrogen-bond donors (Lipinski definition) is 6. The summed E-state index contributed by atoms with van der Waals surface area (Å²) >= 11 is 0. The fraction of sp³-hybridized carbons (Fsp3) is 0.333. The first-order chi connectivity index (χ1) is 88.5. The normalized spacial score (nSPS) is 16.7. The lowest BCUT2D eigenvalue weighted by Gasteiger charge is -2.11. The minimum atomic E-state index is -2.87. The summed E-state index contributed by atoms with van der Waals surface area (Å²) < 4.78 is 445. The van der Waals surface area contributed by atoms with E-state index in [1.807, 2.05) is 24.3 Å². The van der Waals surface area contributed by atoms with Crippen LogP contribution in [-0.2, 0) is 128 Å². The second kappa shape index (κ2) is 59.8. The number of H-pyrrole nitrogens is 6. The maximum absolute atomic E-state index is 13.3. The third-order valence-corrected chi connectivity index (χ3v) is 26.4. The standard InChI is InChI=1S/6C18H21N3O3S/c6*1-13-16(19-9-8-17(13)24-11-5-10-23-2)12-25(22)18-20-14-6-3-4-7-15(14)21-18/h6*3-4,6-9H,5,10-12H2,1-2H3,(H,20,21)/i3D,4D,6D,7D,8D,9D,12D2;3D,4D,6D,7D,8D,9D;1D3,3D,4D,6D,7D,12D2;1D3,3D,4D,6D,7D;1D3,12D2;1D3. The molecule has 0 aliphatic heterocycles. The van der Waals surface area contributed by atoms with Gasteiger partial charge in [0.15, 0.2) is 30.9 Å². The predicted octanol–water partition coefficient (Wildman–Crippen LogP) is 17.9. The molecule has 12 aromatic heterocycles. The number of nitrogens with zero attached hydrogens (tertiary/aromatic N) is 12. The van der Waals surface area contributed by atoms with Gasteiger partial charge in [0.25, 0.3) is 0 Å². The lowest BCUT2D eigenvalue weighted by atomic mass is 10.2. The summed E-state index contributed by atoms with van der Waals surface area (Å²) in [5.41, 5.74) is -7.61. The number of methoxy groups -OCH3 is 6. The first-order valence-corrected chi connectivity index (χ1v) is 52.7. The number of imidazole rings is 6. The molecule has 0 aliphatic carbocycles. The Hall–Kier alpha value is -13.5. The van der Waals surface area contributed by atoms with E-state index in [-0.39, 0.29) is 219 Å². The van der Waals surface area contributed by atoms with Gasteiger partial charge in [-0.3, -0.25) is 55.2 Å². The second-order valence-electron chi connectivity index (χ2n) is 30.7. The van der Waals surface area contributed by atoms with Crippen molar-refractivity contribution in [2.24, 2.45) is 0 Å². The summed E-state index contributed by atoms with van der Waals surface area (Å²) in [4.78, 5) is 64.9. The fourth-order valence-corrected chi connectivity index (χ4v) is 18.3. The Labute approximate surface area is 938 Å². The molecule has 0 radical (unpaired) electrons. The largest absolute Gasteiger partial charge is 0.493 e. The third-order valence-electron chi connectivity index (χ3n) is 20.2. The molecule has 12 heterocycles. The predicted molar refractivity (Wildman–Crippen MR) is 583 cm³/mol. The first-order valence-electron chi connectivity index (χ1n) is 64.3. The van der Waals surface area contributed by atoms with E-state index in [2.05, 4.69) is 89.7 Å². The molecule has 0 aliphatic rings. The van der Waals surface area contributed by atoms with Gasteiger partial charge in [-0.15, -0.1) is 0 Å². The highest BCUT2D eigenvalue weighted by molar-refractivity contribution is 7.85. The molecule has 0 bridgehead atoms. The van der Waals surface area contributed by atoms with E-state index >= 15 is 0 Å². The minimum absolute atomic E-state index is 0.00360. The Morgan fingerprint density at radius 1 is 0.260 bits per heavy atom. The number of pyridine rings is 6. The smallest absolute Gasteiger partial charge is 0.197 e. The van der Waals surface area contributed by atoms with E-state index in [1.165, 1.54) is 64.0 Å². The molecule has 6 N–H and O–H groups in total. The van der Waals surface area contributed by atoms with Crippen LogP contribution in [0.1, 0.15) is 158 Å². The zero-order chi connectivity index (χ0) is 139. The number of rotatable bonds is 48. The van der Waals surface area contributed by atoms with Crippen molar-refractivity contribution >= 4 is 131 Å². The highest BCUT2D eigenvalue weighted by Gasteiger charge is 2.24. The molecule has 42 heteroatoms. The lowest BCUT2D eigenvalue weighted by molar-refractivity contribution is 0.171. The zero-order valence-corrected chi connectivity index (χ0v) is 86.7. The van der Waals surface area contributed by atoms with Crippen molar-refractivity contribution in [2.45, 2.75) is 145 Å². The first kappa shape index (κ1) is 72.1. The van der Waals surface area contributed by atoms with Crippen molar-refractivity contribution < 1.29 is 134 Å². The highest BCUT2D eigenvalue weighted by atomic mass is 32.2. The molecule has 0 amide bonds. The van der Waals surface area contributed by atoms with Gasteiger partial charge >= 0.3 is 0 Å². The fourth-order valence-electron chi connectivity index (χ4n) is 12.7. The van der Waals surface area contributed by atoms with Gasteiger partial charge in [0, 0.05) is 216 Å². The van der Waals surface area contributed by atoms with E-state index in [9.17, 15) is 25.3 Å². The molecule has 6 aromatic carbocycles. The second-order valence-corrected chi connectivity index (χ2v) is 38.1. The van der Waals surface area contributed by atoms with Crippen LogP contribution in [0.3, 0.4) is 0 Å². The van der Waals surface area contributed by atoms with E-state index in [4.69, 9.17) is 109 Å². The number of benzene rings is 6. The van der Waals surface area contributed by atoms with Crippen molar-refractivity contribution in [2.75, 3.05) is 122 Å². The van der Waals surface area contributed by atoms with Crippen LogP contribution in [0.2, 0.25) is 0 Å². The minimum Gasteiger partial charge on any atom is -0.493 e. The monoisotopic (exact) mass is 2190 g/mol. The number of aromatic nitrogens is 18. The van der Waals surface area contributed by atoms with E-state index in [1.54, 1.807) is 59.6 Å². The molecule has 36 nitrogen and oxygen atoms in total. The molecular weight excluding hydrogens is 2030 g/mol. The van der Waals surface area contributed by atoms with Gasteiger partial charge < -0.3 is 86.7 Å². The van der Waals surface area contributed by atoms with Crippen LogP contribution in [-0.4, -0.2) is 237 Å². The van der Waals surface area contributed by atoms with E-state index < -0.39 is 221 Å². The highest BCUT2D eigenvalue weighted by Crippen LogP contribution is 2.31. The van der Waals surface area contributed by atoms with Crippen molar-refractivity contribution in [3.05, 3.63) is 286 Å². The lowest BCUT2D eigenvalue weighted by Crippen LogP contribution is -2.06. The molecule has 0 saturated carbocycles. The van der Waals surface area contributed by atoms with Crippen LogP contribution in [0.25, 0.3) is 66.2 Å². The summed E-state index contributed by atoms with van der Waals surface area (Å²) in [6.45, 7) is -3.56. The Bertz CT molecular complexity index is 9390. The molecular formula is C108H126N18O18S6. The van der Waals surface area contributed by atoms with Crippen molar-refractivity contribution in [3.8, 4) is 34.5 Å². The summed E-state index contributed by atoms with van der Waals surface area (Å²) in [6.07, 6.45) is 7.62. The molecule has 0 saturated heterocycles. The maximum atomic E-state index is 13.3. The molecule has 18 aromatic rings. The van der Waals surface area contributed by atoms with Gasteiger partial charge in [-0.1, -0.05) is 72.6 Å². The topological polar surface area (TPSA) is 463 Å². The zero-order valence-electron chi connectivity index (χ0n) is 120. The Balaban J connectivity index is 0.000000183. The van der Waals surface area contributed by atoms with Gasteiger partial charge in [-0.05, 0) is 150 Å². The van der Waals surface area contributed by atoms with E-state index in [0.29, 0.717) is 119 Å². The Morgan fingerprint density at radius 3 is 0.787 bits per heavy atom. The van der Waals surface area contributed by atoms with Gasteiger partial charge in [0.1, 0.15) is 34.5 Å². The van der Waals surface area contributed by atoms with Crippen molar-refractivity contribution in [1.82, 2.24) is 89.7 Å². The van der Waals surface area contributed by atoms with Crippen LogP contribution < -0.4 is 28.4 Å². The number of hydrogen-bond acceptors (Lipinski definition) is 30.